The van der Waals surface area contributed by atoms with Crippen LogP contribution in [0.15, 0.2) is 103 Å². The lowest BCUT2D eigenvalue weighted by Crippen LogP contribution is -2.44. The molecule has 6 rings (SSSR count). The molecule has 3 heterocycles. The summed E-state index contributed by atoms with van der Waals surface area (Å²) in [7, 11) is -1.78. The van der Waals surface area contributed by atoms with Crippen LogP contribution in [0.4, 0.5) is 5.82 Å². The number of nitriles is 1. The van der Waals surface area contributed by atoms with E-state index in [1.54, 1.807) is 4.52 Å². The maximum absolute atomic E-state index is 11.2. The maximum Gasteiger partial charge on any atom is 0.225 e. The molecule has 1 saturated heterocycles. The van der Waals surface area contributed by atoms with Gasteiger partial charge in [0, 0.05) is 0 Å². The lowest BCUT2D eigenvalue weighted by atomic mass is 9.91. The highest BCUT2D eigenvalue weighted by atomic mass is 28.3. The van der Waals surface area contributed by atoms with Crippen LogP contribution < -0.4 is 5.73 Å². The summed E-state index contributed by atoms with van der Waals surface area (Å²) in [5.74, 6) is 3.57. The number of hydrogen-bond donors (Lipinski definition) is 1. The summed E-state index contributed by atoms with van der Waals surface area (Å²) in [6, 6.07) is 34.0. The Morgan fingerprint density at radius 1 is 0.875 bits per heavy atom. The van der Waals surface area contributed by atoms with Gasteiger partial charge < -0.3 is 24.7 Å². The topological polar surface area (TPSA) is 117 Å². The summed E-state index contributed by atoms with van der Waals surface area (Å²) in [4.78, 5) is 4.25. The van der Waals surface area contributed by atoms with Crippen molar-refractivity contribution < 1.29 is 18.9 Å². The number of hydrogen-bond acceptors (Lipinski definition) is 8. The zero-order valence-electron chi connectivity index (χ0n) is 27.4. The molecule has 0 spiro atoms. The molecule has 48 heavy (non-hydrogen) atoms. The third-order valence-corrected chi connectivity index (χ3v) is 8.93. The number of nitrogen functional groups attached to an aromatic ring is 1. The van der Waals surface area contributed by atoms with Crippen molar-refractivity contribution >= 4 is 19.4 Å². The van der Waals surface area contributed by atoms with E-state index in [0.29, 0.717) is 23.4 Å². The lowest BCUT2D eigenvalue weighted by molar-refractivity contribution is -0.0971. The van der Waals surface area contributed by atoms with Gasteiger partial charge in [0.1, 0.15) is 44.3 Å². The second kappa shape index (κ2) is 14.5. The molecule has 4 unspecified atom stereocenters. The van der Waals surface area contributed by atoms with Crippen LogP contribution in [-0.4, -0.2) is 47.6 Å². The van der Waals surface area contributed by atoms with Crippen LogP contribution in [0.5, 0.6) is 0 Å². The van der Waals surface area contributed by atoms with Crippen LogP contribution in [0.1, 0.15) is 27.9 Å². The van der Waals surface area contributed by atoms with Crippen molar-refractivity contribution in [3.8, 4) is 17.5 Å². The van der Waals surface area contributed by atoms with Gasteiger partial charge in [0.2, 0.25) is 5.60 Å². The molecule has 5 aromatic rings. The van der Waals surface area contributed by atoms with Gasteiger partial charge in [0.05, 0.1) is 37.7 Å². The van der Waals surface area contributed by atoms with Crippen molar-refractivity contribution in [3.63, 3.8) is 0 Å². The monoisotopic (exact) mass is 657 g/mol. The molecule has 1 aliphatic heterocycles. The smallest absolute Gasteiger partial charge is 0.225 e. The summed E-state index contributed by atoms with van der Waals surface area (Å²) in [5, 5.41) is 15.7. The Labute approximate surface area is 282 Å². The highest BCUT2D eigenvalue weighted by Crippen LogP contribution is 2.45. The van der Waals surface area contributed by atoms with Crippen LogP contribution in [0.25, 0.3) is 5.52 Å². The van der Waals surface area contributed by atoms with Gasteiger partial charge in [-0.25, -0.2) is 9.50 Å². The first-order valence-corrected chi connectivity index (χ1v) is 19.4. The summed E-state index contributed by atoms with van der Waals surface area (Å²) in [6.45, 7) is 7.53. The van der Waals surface area contributed by atoms with E-state index in [1.807, 2.05) is 97.1 Å². The minimum Gasteiger partial charge on any atom is -0.382 e. The second-order valence-electron chi connectivity index (χ2n) is 12.8. The molecule has 3 aromatic carbocycles. The standard InChI is InChI=1S/C38H39N5O4Si/c1-48(2,3)20-19-31-21-33(43-34(31)37(40)41-27-42-43)38(26-39)36(46-24-30-17-11-6-12-18-30)35(45-23-29-15-9-5-10-16-29)32(47-38)25-44-22-28-13-7-4-8-14-28/h4-18,21,27,32,35-36H,22-25H2,1-3H3,(H2,40,41,42). The molecule has 1 fully saturated rings. The Bertz CT molecular complexity index is 1930. The van der Waals surface area contributed by atoms with Crippen LogP contribution in [-0.2, 0) is 44.4 Å². The number of ether oxygens (including phenoxy) is 4. The zero-order valence-corrected chi connectivity index (χ0v) is 28.4. The number of fused-ring (bicyclic) bond motifs is 1. The molecular formula is C38H39N5O4Si. The first-order chi connectivity index (χ1) is 23.3. The molecule has 9 nitrogen and oxygen atoms in total. The van der Waals surface area contributed by atoms with Crippen LogP contribution in [0.2, 0.25) is 19.6 Å². The zero-order chi connectivity index (χ0) is 33.6. The van der Waals surface area contributed by atoms with Gasteiger partial charge in [0.15, 0.2) is 5.82 Å². The Balaban J connectivity index is 1.44. The first kappa shape index (κ1) is 33.1. The Kier molecular flexibility index (Phi) is 10.0. The number of benzene rings is 3. The van der Waals surface area contributed by atoms with E-state index < -0.39 is 32.0 Å². The molecule has 0 bridgehead atoms. The molecule has 0 radical (unpaired) electrons. The van der Waals surface area contributed by atoms with Gasteiger partial charge >= 0.3 is 0 Å². The van der Waals surface area contributed by atoms with Gasteiger partial charge in [-0.05, 0) is 22.8 Å². The lowest BCUT2D eigenvalue weighted by Gasteiger charge is -2.29. The predicted molar refractivity (Wildman–Crippen MR) is 186 cm³/mol. The van der Waals surface area contributed by atoms with Crippen molar-refractivity contribution in [1.29, 1.82) is 5.26 Å². The molecule has 4 atom stereocenters. The molecule has 0 saturated carbocycles. The predicted octanol–water partition coefficient (Wildman–Crippen LogP) is 6.05. The average Bonchev–Trinajstić information content (AvgIpc) is 3.63. The third-order valence-electron chi connectivity index (χ3n) is 8.06. The van der Waals surface area contributed by atoms with Crippen LogP contribution in [0, 0.1) is 22.8 Å². The van der Waals surface area contributed by atoms with E-state index in [4.69, 9.17) is 24.7 Å². The van der Waals surface area contributed by atoms with Gasteiger partial charge in [0.25, 0.3) is 0 Å². The van der Waals surface area contributed by atoms with Crippen molar-refractivity contribution in [2.45, 2.75) is 63.4 Å². The van der Waals surface area contributed by atoms with E-state index in [0.717, 1.165) is 16.7 Å². The third kappa shape index (κ3) is 7.34. The Hall–Kier alpha value is -4.81. The molecule has 244 valence electrons. The SMILES string of the molecule is C[Si](C)(C)C#Cc1cc(C2(C#N)OC(COCc3ccccc3)C(OCc3ccccc3)C2OCc2ccccc2)n2ncnc(N)c12. The van der Waals surface area contributed by atoms with Gasteiger partial charge in [-0.2, -0.15) is 10.4 Å². The van der Waals surface area contributed by atoms with Gasteiger partial charge in [-0.1, -0.05) is 117 Å². The number of nitrogens with two attached hydrogens (primary N) is 1. The quantitative estimate of drug-likeness (QED) is 0.135. The fourth-order valence-corrected chi connectivity index (χ4v) is 6.27. The highest BCUT2D eigenvalue weighted by molar-refractivity contribution is 6.83. The van der Waals surface area contributed by atoms with Crippen molar-refractivity contribution in [3.05, 3.63) is 131 Å². The summed E-state index contributed by atoms with van der Waals surface area (Å²) >= 11 is 0. The molecule has 0 amide bonds. The minimum absolute atomic E-state index is 0.158. The highest BCUT2D eigenvalue weighted by Gasteiger charge is 2.60. The van der Waals surface area contributed by atoms with Crippen LogP contribution in [0.3, 0.4) is 0 Å². The first-order valence-electron chi connectivity index (χ1n) is 15.9. The van der Waals surface area contributed by atoms with Gasteiger partial charge in [-0.3, -0.25) is 0 Å². The molecule has 10 heteroatoms. The van der Waals surface area contributed by atoms with Crippen molar-refractivity contribution in [2.24, 2.45) is 0 Å². The normalized spacial score (nSPS) is 20.7. The van der Waals surface area contributed by atoms with Crippen molar-refractivity contribution in [2.75, 3.05) is 12.3 Å². The average molecular weight is 658 g/mol. The largest absolute Gasteiger partial charge is 0.382 e. The summed E-state index contributed by atoms with van der Waals surface area (Å²) in [6.07, 6.45) is -0.876. The number of nitrogens with zero attached hydrogens (tertiary/aromatic N) is 4. The molecule has 1 aliphatic rings. The Morgan fingerprint density at radius 2 is 1.46 bits per heavy atom. The van der Waals surface area contributed by atoms with E-state index in [2.05, 4.69) is 47.3 Å². The summed E-state index contributed by atoms with van der Waals surface area (Å²) in [5.41, 5.74) is 12.7. The van der Waals surface area contributed by atoms with E-state index in [1.165, 1.54) is 6.33 Å². The summed E-state index contributed by atoms with van der Waals surface area (Å²) < 4.78 is 28.0. The molecular weight excluding hydrogens is 619 g/mol. The van der Waals surface area contributed by atoms with Crippen molar-refractivity contribution in [1.82, 2.24) is 14.6 Å². The maximum atomic E-state index is 11.2. The number of anilines is 1. The fraction of sp³-hybridized carbons (Fsp3) is 0.289. The van der Waals surface area contributed by atoms with E-state index in [-0.39, 0.29) is 25.6 Å². The number of aromatic nitrogens is 3. The number of rotatable bonds is 11. The second-order valence-corrected chi connectivity index (χ2v) is 17.6. The van der Waals surface area contributed by atoms with Crippen LogP contribution >= 0.6 is 0 Å². The molecule has 0 aliphatic carbocycles. The molecule has 2 aromatic heterocycles. The fourth-order valence-electron chi connectivity index (χ4n) is 5.77. The van der Waals surface area contributed by atoms with Gasteiger partial charge in [-0.15, -0.1) is 5.54 Å². The van der Waals surface area contributed by atoms with E-state index >= 15 is 0 Å². The minimum atomic E-state index is -1.78. The molecule has 2 N–H and O–H groups in total. The Morgan fingerprint density at radius 3 is 2.04 bits per heavy atom. The van der Waals surface area contributed by atoms with E-state index in [9.17, 15) is 5.26 Å².